The van der Waals surface area contributed by atoms with E-state index in [1.807, 2.05) is 0 Å². The number of nitrogens with zero attached hydrogens (tertiary/aromatic N) is 2. The van der Waals surface area contributed by atoms with Crippen LogP contribution in [0, 0.1) is 0 Å². The number of piperazine rings is 1. The van der Waals surface area contributed by atoms with Crippen LogP contribution in [-0.4, -0.2) is 48.1 Å². The highest BCUT2D eigenvalue weighted by Gasteiger charge is 2.32. The molecule has 0 aromatic carbocycles. The van der Waals surface area contributed by atoms with E-state index >= 15 is 0 Å². The van der Waals surface area contributed by atoms with Crippen LogP contribution in [-0.2, 0) is 0 Å². The minimum absolute atomic E-state index is 0.765. The molecule has 2 heterocycles. The molecule has 0 saturated carbocycles. The smallest absolute Gasteiger partial charge is 0.0223 e. The molecule has 0 amide bonds. The van der Waals surface area contributed by atoms with Crippen LogP contribution >= 0.6 is 0 Å². The molecule has 2 fully saturated rings. The van der Waals surface area contributed by atoms with E-state index in [1.54, 1.807) is 5.57 Å². The molecule has 0 aromatic heterocycles. The highest BCUT2D eigenvalue weighted by atomic mass is 15.3. The fraction of sp³-hybridized carbons (Fsp3) is 0.875. The molecule has 1 aliphatic carbocycles. The first kappa shape index (κ1) is 12.7. The highest BCUT2D eigenvalue weighted by Crippen LogP contribution is 2.26. The lowest BCUT2D eigenvalue weighted by molar-refractivity contribution is 0.0160. The quantitative estimate of drug-likeness (QED) is 0.708. The van der Waals surface area contributed by atoms with Crippen molar-refractivity contribution < 1.29 is 0 Å². The molecular weight excluding hydrogens is 220 g/mol. The molecule has 0 aromatic rings. The summed E-state index contributed by atoms with van der Waals surface area (Å²) >= 11 is 0. The molecule has 2 heteroatoms. The van der Waals surface area contributed by atoms with Crippen LogP contribution in [0.4, 0.5) is 0 Å². The maximum Gasteiger partial charge on any atom is 0.0223 e. The fourth-order valence-corrected chi connectivity index (χ4v) is 3.98. The summed E-state index contributed by atoms with van der Waals surface area (Å²) in [4.78, 5) is 5.51. The molecule has 2 unspecified atom stereocenters. The van der Waals surface area contributed by atoms with E-state index in [0.717, 1.165) is 12.1 Å². The van der Waals surface area contributed by atoms with E-state index in [1.165, 1.54) is 71.1 Å². The van der Waals surface area contributed by atoms with Crippen molar-refractivity contribution in [3.8, 4) is 0 Å². The van der Waals surface area contributed by atoms with Gasteiger partial charge in [-0.1, -0.05) is 18.1 Å². The summed E-state index contributed by atoms with van der Waals surface area (Å²) in [5, 5.41) is 0. The average Bonchev–Trinajstić information content (AvgIpc) is 2.89. The van der Waals surface area contributed by atoms with Crippen LogP contribution in [0.1, 0.15) is 51.9 Å². The molecule has 3 rings (SSSR count). The van der Waals surface area contributed by atoms with E-state index < -0.39 is 0 Å². The zero-order valence-electron chi connectivity index (χ0n) is 11.9. The lowest BCUT2D eigenvalue weighted by Gasteiger charge is -2.47. The van der Waals surface area contributed by atoms with E-state index in [4.69, 9.17) is 0 Å². The molecule has 2 nitrogen and oxygen atoms in total. The Morgan fingerprint density at radius 3 is 3.00 bits per heavy atom. The van der Waals surface area contributed by atoms with E-state index in [-0.39, 0.29) is 0 Å². The first-order valence-corrected chi connectivity index (χ1v) is 7.99. The second-order valence-corrected chi connectivity index (χ2v) is 6.49. The zero-order chi connectivity index (χ0) is 12.4. The summed E-state index contributed by atoms with van der Waals surface area (Å²) in [5.74, 6) is 0. The predicted molar refractivity (Wildman–Crippen MR) is 76.8 cm³/mol. The Bertz CT molecular complexity index is 310. The molecular formula is C16H28N2. The van der Waals surface area contributed by atoms with E-state index in [2.05, 4.69) is 22.8 Å². The van der Waals surface area contributed by atoms with Crippen LogP contribution in [0.25, 0.3) is 0 Å². The maximum atomic E-state index is 2.76. The molecule has 18 heavy (non-hydrogen) atoms. The largest absolute Gasteiger partial charge is 0.298 e. The normalized spacial score (nSPS) is 34.4. The summed E-state index contributed by atoms with van der Waals surface area (Å²) < 4.78 is 0. The molecule has 2 aliphatic heterocycles. The van der Waals surface area contributed by atoms with Gasteiger partial charge in [0.05, 0.1) is 0 Å². The molecule has 0 spiro atoms. The maximum absolute atomic E-state index is 2.76. The lowest BCUT2D eigenvalue weighted by atomic mass is 9.97. The minimum Gasteiger partial charge on any atom is -0.298 e. The highest BCUT2D eigenvalue weighted by molar-refractivity contribution is 5.08. The van der Waals surface area contributed by atoms with Gasteiger partial charge in [-0.25, -0.2) is 0 Å². The van der Waals surface area contributed by atoms with Crippen molar-refractivity contribution in [1.82, 2.24) is 9.80 Å². The van der Waals surface area contributed by atoms with Crippen LogP contribution in [0.5, 0.6) is 0 Å². The van der Waals surface area contributed by atoms with Gasteiger partial charge in [-0.2, -0.15) is 0 Å². The van der Waals surface area contributed by atoms with Gasteiger partial charge >= 0.3 is 0 Å². The number of piperidine rings is 1. The predicted octanol–water partition coefficient (Wildman–Crippen LogP) is 3.05. The molecule has 0 radical (unpaired) electrons. The zero-order valence-corrected chi connectivity index (χ0v) is 11.9. The Morgan fingerprint density at radius 2 is 2.17 bits per heavy atom. The number of allylic oxidation sites excluding steroid dienone is 1. The Hall–Kier alpha value is -0.340. The van der Waals surface area contributed by atoms with Crippen molar-refractivity contribution >= 4 is 0 Å². The monoisotopic (exact) mass is 248 g/mol. The van der Waals surface area contributed by atoms with Gasteiger partial charge in [0.15, 0.2) is 0 Å². The van der Waals surface area contributed by atoms with Gasteiger partial charge in [0.25, 0.3) is 0 Å². The van der Waals surface area contributed by atoms with Gasteiger partial charge < -0.3 is 0 Å². The standard InChI is InChI=1S/C16H28N2/c1-14-12-18-10-5-4-8-16(18)13-17(14)11-9-15-6-2-3-7-15/h6,14,16H,2-5,7-13H2,1H3. The Labute approximate surface area is 112 Å². The van der Waals surface area contributed by atoms with Crippen molar-refractivity contribution in [2.45, 2.75) is 64.0 Å². The summed E-state index contributed by atoms with van der Waals surface area (Å²) in [6.07, 6.45) is 12.2. The second kappa shape index (κ2) is 5.75. The summed E-state index contributed by atoms with van der Waals surface area (Å²) in [6.45, 7) is 7.72. The van der Waals surface area contributed by atoms with Crippen molar-refractivity contribution in [2.75, 3.05) is 26.2 Å². The van der Waals surface area contributed by atoms with Crippen molar-refractivity contribution in [3.05, 3.63) is 11.6 Å². The number of hydrogen-bond acceptors (Lipinski definition) is 2. The van der Waals surface area contributed by atoms with E-state index in [0.29, 0.717) is 0 Å². The Morgan fingerprint density at radius 1 is 1.22 bits per heavy atom. The number of hydrogen-bond donors (Lipinski definition) is 0. The molecule has 0 N–H and O–H groups in total. The van der Waals surface area contributed by atoms with Gasteiger partial charge in [-0.05, 0) is 52.0 Å². The van der Waals surface area contributed by atoms with Crippen LogP contribution < -0.4 is 0 Å². The Balaban J connectivity index is 1.52. The summed E-state index contributed by atoms with van der Waals surface area (Å²) in [5.41, 5.74) is 1.73. The van der Waals surface area contributed by atoms with Crippen LogP contribution in [0.3, 0.4) is 0 Å². The number of rotatable bonds is 3. The van der Waals surface area contributed by atoms with Gasteiger partial charge in [-0.3, -0.25) is 9.80 Å². The minimum atomic E-state index is 0.765. The molecule has 3 aliphatic rings. The van der Waals surface area contributed by atoms with Crippen molar-refractivity contribution in [1.29, 1.82) is 0 Å². The first-order chi connectivity index (χ1) is 8.83. The van der Waals surface area contributed by atoms with Crippen LogP contribution in [0.15, 0.2) is 11.6 Å². The molecule has 2 atom stereocenters. The topological polar surface area (TPSA) is 6.48 Å². The van der Waals surface area contributed by atoms with Gasteiger partial charge in [0.2, 0.25) is 0 Å². The van der Waals surface area contributed by atoms with Crippen molar-refractivity contribution in [2.24, 2.45) is 0 Å². The third kappa shape index (κ3) is 2.80. The molecule has 0 bridgehead atoms. The van der Waals surface area contributed by atoms with Gasteiger partial charge in [0.1, 0.15) is 0 Å². The summed E-state index contributed by atoms with van der Waals surface area (Å²) in [6, 6.07) is 1.63. The fourth-order valence-electron chi connectivity index (χ4n) is 3.98. The lowest BCUT2D eigenvalue weighted by Crippen LogP contribution is -2.58. The molecule has 102 valence electrons. The SMILES string of the molecule is CC1CN2CCCCC2CN1CCC1=CCCC1. The average molecular weight is 248 g/mol. The third-order valence-electron chi connectivity index (χ3n) is 5.17. The Kier molecular flexibility index (Phi) is 4.05. The van der Waals surface area contributed by atoms with Crippen LogP contribution in [0.2, 0.25) is 0 Å². The van der Waals surface area contributed by atoms with Gasteiger partial charge in [0, 0.05) is 31.7 Å². The van der Waals surface area contributed by atoms with Gasteiger partial charge in [-0.15, -0.1) is 0 Å². The summed E-state index contributed by atoms with van der Waals surface area (Å²) in [7, 11) is 0. The number of fused-ring (bicyclic) bond motifs is 1. The second-order valence-electron chi connectivity index (χ2n) is 6.49. The molecule has 2 saturated heterocycles. The third-order valence-corrected chi connectivity index (χ3v) is 5.17. The van der Waals surface area contributed by atoms with Crippen molar-refractivity contribution in [3.63, 3.8) is 0 Å². The van der Waals surface area contributed by atoms with E-state index in [9.17, 15) is 0 Å². The first-order valence-electron chi connectivity index (χ1n) is 7.99.